The number of hydrogen-bond donors (Lipinski definition) is 3. The fourth-order valence-corrected chi connectivity index (χ4v) is 4.15. The van der Waals surface area contributed by atoms with Crippen LogP contribution in [-0.2, 0) is 10.0 Å². The summed E-state index contributed by atoms with van der Waals surface area (Å²) in [6.45, 7) is 4.09. The van der Waals surface area contributed by atoms with Crippen LogP contribution in [0.1, 0.15) is 32.8 Å². The van der Waals surface area contributed by atoms with E-state index in [2.05, 4.69) is 20.6 Å². The van der Waals surface area contributed by atoms with Gasteiger partial charge in [-0.2, -0.15) is 0 Å². The maximum absolute atomic E-state index is 12.5. The van der Waals surface area contributed by atoms with Crippen LogP contribution in [0, 0.1) is 6.92 Å². The van der Waals surface area contributed by atoms with E-state index in [1.807, 2.05) is 6.92 Å². The summed E-state index contributed by atoms with van der Waals surface area (Å²) >= 11 is 1.32. The van der Waals surface area contributed by atoms with Crippen molar-refractivity contribution < 1.29 is 22.7 Å². The molecule has 1 aromatic heterocycles. The summed E-state index contributed by atoms with van der Waals surface area (Å²) in [5.41, 5.74) is 5.30. The zero-order chi connectivity index (χ0) is 22.4. The van der Waals surface area contributed by atoms with Gasteiger partial charge in [0.2, 0.25) is 0 Å². The van der Waals surface area contributed by atoms with Crippen LogP contribution in [0.5, 0.6) is 5.75 Å². The smallest absolute Gasteiger partial charge is 0.289 e. The molecular formula is C20H20N4O5S2. The van der Waals surface area contributed by atoms with E-state index in [1.54, 1.807) is 24.4 Å². The number of anilines is 1. The van der Waals surface area contributed by atoms with Gasteiger partial charge in [-0.15, -0.1) is 11.3 Å². The molecule has 0 aliphatic heterocycles. The highest BCUT2D eigenvalue weighted by Gasteiger charge is 2.15. The number of thiazole rings is 1. The van der Waals surface area contributed by atoms with E-state index >= 15 is 0 Å². The molecule has 2 amide bonds. The van der Waals surface area contributed by atoms with Gasteiger partial charge in [-0.1, -0.05) is 0 Å². The Hall–Kier alpha value is -3.44. The summed E-state index contributed by atoms with van der Waals surface area (Å²) in [6.07, 6.45) is 0. The van der Waals surface area contributed by atoms with Crippen LogP contribution in [0.3, 0.4) is 0 Å². The summed E-state index contributed by atoms with van der Waals surface area (Å²) in [5.74, 6) is -0.507. The number of aromatic nitrogens is 1. The van der Waals surface area contributed by atoms with Crippen LogP contribution in [0.4, 0.5) is 5.69 Å². The molecule has 3 rings (SSSR count). The maximum Gasteiger partial charge on any atom is 0.289 e. The number of benzene rings is 2. The molecule has 9 nitrogen and oxygen atoms in total. The molecule has 0 radical (unpaired) electrons. The molecule has 3 aromatic rings. The van der Waals surface area contributed by atoms with Crippen molar-refractivity contribution in [2.75, 3.05) is 11.3 Å². The lowest BCUT2D eigenvalue weighted by molar-refractivity contribution is 0.0844. The lowest BCUT2D eigenvalue weighted by atomic mass is 10.2. The Kier molecular flexibility index (Phi) is 6.88. The average molecular weight is 461 g/mol. The Labute approximate surface area is 183 Å². The number of nitrogens with zero attached hydrogens (tertiary/aromatic N) is 1. The van der Waals surface area contributed by atoms with E-state index < -0.39 is 21.8 Å². The van der Waals surface area contributed by atoms with Crippen molar-refractivity contribution in [1.82, 2.24) is 15.8 Å². The molecule has 3 N–H and O–H groups in total. The van der Waals surface area contributed by atoms with E-state index in [1.165, 1.54) is 47.7 Å². The summed E-state index contributed by atoms with van der Waals surface area (Å²) in [6, 6.07) is 11.8. The van der Waals surface area contributed by atoms with Crippen molar-refractivity contribution in [2.24, 2.45) is 0 Å². The van der Waals surface area contributed by atoms with Gasteiger partial charge in [0, 0.05) is 16.6 Å². The molecule has 0 fully saturated rings. The Morgan fingerprint density at radius 3 is 2.23 bits per heavy atom. The maximum atomic E-state index is 12.5. The molecular weight excluding hydrogens is 440 g/mol. The molecule has 1 heterocycles. The fourth-order valence-electron chi connectivity index (χ4n) is 2.50. The van der Waals surface area contributed by atoms with Crippen LogP contribution in [-0.4, -0.2) is 31.8 Å². The standard InChI is InChI=1S/C20H20N4O5S2/c1-3-29-16-8-10-17(11-9-16)31(27,28)24-15-6-4-14(5-7-15)19(25)22-23-20(26)18-12-30-13(2)21-18/h4-12,24H,3H2,1-2H3,(H,22,25)(H,23,26). The van der Waals surface area contributed by atoms with E-state index in [4.69, 9.17) is 4.74 Å². The highest BCUT2D eigenvalue weighted by Crippen LogP contribution is 2.19. The molecule has 0 unspecified atom stereocenters. The fraction of sp³-hybridized carbons (Fsp3) is 0.150. The van der Waals surface area contributed by atoms with Gasteiger partial charge >= 0.3 is 0 Å². The Morgan fingerprint density at radius 2 is 1.65 bits per heavy atom. The van der Waals surface area contributed by atoms with Crippen LogP contribution in [0.25, 0.3) is 0 Å². The molecule has 0 atom stereocenters. The predicted octanol–water partition coefficient (Wildman–Crippen LogP) is 2.73. The van der Waals surface area contributed by atoms with Crippen LogP contribution in [0.15, 0.2) is 58.8 Å². The lowest BCUT2D eigenvalue weighted by Crippen LogP contribution is -2.41. The normalized spacial score (nSPS) is 10.9. The summed E-state index contributed by atoms with van der Waals surface area (Å²) in [4.78, 5) is 28.2. The van der Waals surface area contributed by atoms with Crippen LogP contribution < -0.4 is 20.3 Å². The number of carbonyl (C=O) groups excluding carboxylic acids is 2. The topological polar surface area (TPSA) is 126 Å². The number of sulfonamides is 1. The zero-order valence-corrected chi connectivity index (χ0v) is 18.3. The first-order valence-electron chi connectivity index (χ1n) is 9.17. The molecule has 0 aliphatic rings. The number of carbonyl (C=O) groups is 2. The number of ether oxygens (including phenoxy) is 1. The largest absolute Gasteiger partial charge is 0.494 e. The first kappa shape index (κ1) is 22.2. The number of aryl methyl sites for hydroxylation is 1. The molecule has 11 heteroatoms. The first-order valence-corrected chi connectivity index (χ1v) is 11.5. The van der Waals surface area contributed by atoms with Gasteiger partial charge in [0.1, 0.15) is 11.4 Å². The molecule has 0 bridgehead atoms. The Morgan fingerprint density at radius 1 is 1.00 bits per heavy atom. The second kappa shape index (κ2) is 9.58. The molecule has 0 saturated carbocycles. The number of amides is 2. The third-order valence-electron chi connectivity index (χ3n) is 3.99. The van der Waals surface area contributed by atoms with E-state index in [-0.39, 0.29) is 21.8 Å². The molecule has 0 spiro atoms. The third kappa shape index (κ3) is 5.80. The Bertz CT molecular complexity index is 1170. The van der Waals surface area contributed by atoms with Crippen molar-refractivity contribution in [2.45, 2.75) is 18.7 Å². The zero-order valence-electron chi connectivity index (χ0n) is 16.7. The van der Waals surface area contributed by atoms with Crippen molar-refractivity contribution in [3.63, 3.8) is 0 Å². The number of nitrogens with one attached hydrogen (secondary N) is 3. The third-order valence-corrected chi connectivity index (χ3v) is 6.16. The van der Waals surface area contributed by atoms with Gasteiger partial charge in [-0.25, -0.2) is 13.4 Å². The van der Waals surface area contributed by atoms with Gasteiger partial charge in [0.05, 0.1) is 16.5 Å². The summed E-state index contributed by atoms with van der Waals surface area (Å²) in [5, 5.41) is 2.32. The average Bonchev–Trinajstić information content (AvgIpc) is 3.19. The lowest BCUT2D eigenvalue weighted by Gasteiger charge is -2.10. The molecule has 0 saturated heterocycles. The molecule has 31 heavy (non-hydrogen) atoms. The van der Waals surface area contributed by atoms with Gasteiger partial charge in [-0.05, 0) is 62.4 Å². The number of hydrazine groups is 1. The minimum Gasteiger partial charge on any atom is -0.494 e. The summed E-state index contributed by atoms with van der Waals surface area (Å²) < 4.78 is 32.8. The van der Waals surface area contributed by atoms with E-state index in [9.17, 15) is 18.0 Å². The monoisotopic (exact) mass is 460 g/mol. The van der Waals surface area contributed by atoms with Gasteiger partial charge < -0.3 is 4.74 Å². The summed E-state index contributed by atoms with van der Waals surface area (Å²) in [7, 11) is -3.80. The highest BCUT2D eigenvalue weighted by atomic mass is 32.2. The van der Waals surface area contributed by atoms with E-state index in [0.29, 0.717) is 12.4 Å². The van der Waals surface area contributed by atoms with Gasteiger partial charge in [-0.3, -0.25) is 25.2 Å². The molecule has 162 valence electrons. The number of hydrogen-bond acceptors (Lipinski definition) is 7. The van der Waals surface area contributed by atoms with Gasteiger partial charge in [0.15, 0.2) is 0 Å². The second-order valence-corrected chi connectivity index (χ2v) is 8.99. The number of rotatable bonds is 7. The predicted molar refractivity (Wildman–Crippen MR) is 117 cm³/mol. The van der Waals surface area contributed by atoms with Crippen molar-refractivity contribution >= 4 is 38.9 Å². The van der Waals surface area contributed by atoms with Crippen molar-refractivity contribution in [3.8, 4) is 5.75 Å². The van der Waals surface area contributed by atoms with Crippen molar-refractivity contribution in [3.05, 3.63) is 70.2 Å². The van der Waals surface area contributed by atoms with Gasteiger partial charge in [0.25, 0.3) is 21.8 Å². The molecule has 2 aromatic carbocycles. The second-order valence-electron chi connectivity index (χ2n) is 6.25. The quantitative estimate of drug-likeness (QED) is 0.466. The molecule has 0 aliphatic carbocycles. The van der Waals surface area contributed by atoms with Crippen LogP contribution >= 0.6 is 11.3 Å². The SMILES string of the molecule is CCOc1ccc(S(=O)(=O)Nc2ccc(C(=O)NNC(=O)c3csc(C)n3)cc2)cc1. The van der Waals surface area contributed by atoms with Crippen molar-refractivity contribution in [1.29, 1.82) is 0 Å². The Balaban J connectivity index is 1.60. The minimum atomic E-state index is -3.80. The minimum absolute atomic E-state index is 0.0813. The first-order chi connectivity index (χ1) is 14.8. The highest BCUT2D eigenvalue weighted by molar-refractivity contribution is 7.92. The van der Waals surface area contributed by atoms with E-state index in [0.717, 1.165) is 5.01 Å². The van der Waals surface area contributed by atoms with Crippen LogP contribution in [0.2, 0.25) is 0 Å².